The molecule has 0 atom stereocenters. The van der Waals surface area contributed by atoms with Crippen molar-refractivity contribution in [3.8, 4) is 22.0 Å². The van der Waals surface area contributed by atoms with E-state index >= 15 is 0 Å². The molecule has 4 rings (SSSR count). The minimum atomic E-state index is -0.520. The molecule has 0 saturated carbocycles. The maximum atomic E-state index is 12.3. The number of aromatic nitrogens is 3. The molecule has 0 aliphatic rings. The van der Waals surface area contributed by atoms with Crippen LogP contribution in [0.1, 0.15) is 34.4 Å². The standard InChI is InChI=1S/C22H19N3O3S/c1-3-15-8-10-16(11-9-15)21-23-18(13-29-21)22(26)27-12-19-24-20(25-28-19)17-7-5-4-6-14(17)2/h4-11,13H,3,12H2,1-2H3. The van der Waals surface area contributed by atoms with Gasteiger partial charge in [-0.2, -0.15) is 4.98 Å². The lowest BCUT2D eigenvalue weighted by molar-refractivity contribution is 0.0424. The van der Waals surface area contributed by atoms with Crippen molar-refractivity contribution in [3.63, 3.8) is 0 Å². The largest absolute Gasteiger partial charge is 0.451 e. The molecule has 0 N–H and O–H groups in total. The van der Waals surface area contributed by atoms with E-state index in [0.29, 0.717) is 5.82 Å². The van der Waals surface area contributed by atoms with Gasteiger partial charge < -0.3 is 9.26 Å². The second-order valence-corrected chi connectivity index (χ2v) is 7.35. The molecule has 2 heterocycles. The smallest absolute Gasteiger partial charge is 0.358 e. The summed E-state index contributed by atoms with van der Waals surface area (Å²) >= 11 is 1.41. The number of benzene rings is 2. The van der Waals surface area contributed by atoms with Gasteiger partial charge in [-0.05, 0) is 24.5 Å². The molecule has 0 aliphatic carbocycles. The monoisotopic (exact) mass is 405 g/mol. The molecule has 0 saturated heterocycles. The maximum absolute atomic E-state index is 12.3. The first-order valence-corrected chi connectivity index (χ1v) is 10.1. The van der Waals surface area contributed by atoms with Crippen LogP contribution in [0.15, 0.2) is 58.4 Å². The Hall–Kier alpha value is -3.32. The van der Waals surface area contributed by atoms with Crippen LogP contribution >= 0.6 is 11.3 Å². The molecular formula is C22H19N3O3S. The van der Waals surface area contributed by atoms with Crippen molar-refractivity contribution in [1.82, 2.24) is 15.1 Å². The zero-order valence-electron chi connectivity index (χ0n) is 16.1. The summed E-state index contributed by atoms with van der Waals surface area (Å²) in [6.45, 7) is 3.98. The van der Waals surface area contributed by atoms with Crippen LogP contribution in [0, 0.1) is 6.92 Å². The van der Waals surface area contributed by atoms with Gasteiger partial charge in [0.1, 0.15) is 5.01 Å². The van der Waals surface area contributed by atoms with Gasteiger partial charge in [0.2, 0.25) is 5.82 Å². The summed E-state index contributed by atoms with van der Waals surface area (Å²) in [6.07, 6.45) is 0.983. The lowest BCUT2D eigenvalue weighted by atomic mass is 10.1. The number of hydrogen-bond acceptors (Lipinski definition) is 7. The first kappa shape index (κ1) is 19.0. The van der Waals surface area contributed by atoms with E-state index in [1.165, 1.54) is 16.9 Å². The number of carbonyl (C=O) groups excluding carboxylic acids is 1. The van der Waals surface area contributed by atoms with Crippen LogP contribution in [0.4, 0.5) is 0 Å². The molecule has 0 aliphatic heterocycles. The summed E-state index contributed by atoms with van der Waals surface area (Å²) in [4.78, 5) is 21.0. The van der Waals surface area contributed by atoms with E-state index in [1.54, 1.807) is 5.38 Å². The number of hydrogen-bond donors (Lipinski definition) is 0. The highest BCUT2D eigenvalue weighted by atomic mass is 32.1. The van der Waals surface area contributed by atoms with Crippen molar-refractivity contribution in [3.05, 3.63) is 76.6 Å². The Morgan fingerprint density at radius 2 is 1.90 bits per heavy atom. The van der Waals surface area contributed by atoms with Crippen LogP contribution in [-0.4, -0.2) is 21.1 Å². The summed E-state index contributed by atoms with van der Waals surface area (Å²) < 4.78 is 10.5. The average Bonchev–Trinajstić information content (AvgIpc) is 3.42. The van der Waals surface area contributed by atoms with E-state index in [0.717, 1.165) is 28.1 Å². The lowest BCUT2D eigenvalue weighted by Gasteiger charge is -2.00. The van der Waals surface area contributed by atoms with Crippen molar-refractivity contribution >= 4 is 17.3 Å². The second kappa shape index (κ2) is 8.36. The highest BCUT2D eigenvalue weighted by molar-refractivity contribution is 7.13. The third-order valence-electron chi connectivity index (χ3n) is 4.50. The molecule has 0 amide bonds. The minimum absolute atomic E-state index is 0.101. The number of esters is 1. The molecular weight excluding hydrogens is 386 g/mol. The van der Waals surface area contributed by atoms with Gasteiger partial charge in [0.15, 0.2) is 12.3 Å². The van der Waals surface area contributed by atoms with Crippen molar-refractivity contribution in [2.24, 2.45) is 0 Å². The summed E-state index contributed by atoms with van der Waals surface area (Å²) in [6, 6.07) is 15.9. The van der Waals surface area contributed by atoms with Crippen molar-refractivity contribution in [2.45, 2.75) is 26.9 Å². The predicted molar refractivity (Wildman–Crippen MR) is 111 cm³/mol. The van der Waals surface area contributed by atoms with Crippen LogP contribution in [0.2, 0.25) is 0 Å². The van der Waals surface area contributed by atoms with Crippen LogP contribution in [0.25, 0.3) is 22.0 Å². The number of ether oxygens (including phenoxy) is 1. The molecule has 6 nitrogen and oxygen atoms in total. The van der Waals surface area contributed by atoms with Gasteiger partial charge in [-0.3, -0.25) is 0 Å². The molecule has 0 unspecified atom stereocenters. The number of nitrogens with zero attached hydrogens (tertiary/aromatic N) is 3. The summed E-state index contributed by atoms with van der Waals surface area (Å²) in [7, 11) is 0. The Balaban J connectivity index is 1.40. The summed E-state index contributed by atoms with van der Waals surface area (Å²) in [5, 5.41) is 6.43. The van der Waals surface area contributed by atoms with Gasteiger partial charge in [0, 0.05) is 16.5 Å². The van der Waals surface area contributed by atoms with E-state index in [9.17, 15) is 4.79 Å². The van der Waals surface area contributed by atoms with Gasteiger partial charge in [-0.1, -0.05) is 60.6 Å². The Bertz CT molecular complexity index is 1130. The number of aryl methyl sites for hydroxylation is 2. The molecule has 2 aromatic heterocycles. The summed E-state index contributed by atoms with van der Waals surface area (Å²) in [5.74, 6) is 0.191. The SMILES string of the molecule is CCc1ccc(-c2nc(C(=O)OCc3nc(-c4ccccc4C)no3)cs2)cc1. The first-order valence-electron chi connectivity index (χ1n) is 9.24. The van der Waals surface area contributed by atoms with E-state index in [1.807, 2.05) is 43.3 Å². The molecule has 29 heavy (non-hydrogen) atoms. The second-order valence-electron chi connectivity index (χ2n) is 6.49. The van der Waals surface area contributed by atoms with Crippen LogP contribution in [0.3, 0.4) is 0 Å². The molecule has 2 aromatic carbocycles. The third kappa shape index (κ3) is 4.25. The Morgan fingerprint density at radius 3 is 2.66 bits per heavy atom. The summed E-state index contributed by atoms with van der Waals surface area (Å²) in [5.41, 5.74) is 4.43. The van der Waals surface area contributed by atoms with Gasteiger partial charge in [-0.15, -0.1) is 11.3 Å². The van der Waals surface area contributed by atoms with Gasteiger partial charge >= 0.3 is 5.97 Å². The van der Waals surface area contributed by atoms with E-state index in [4.69, 9.17) is 9.26 Å². The topological polar surface area (TPSA) is 78.1 Å². The fraction of sp³-hybridized carbons (Fsp3) is 0.182. The molecule has 7 heteroatoms. The normalized spacial score (nSPS) is 10.8. The van der Waals surface area contributed by atoms with Crippen LogP contribution in [0.5, 0.6) is 0 Å². The lowest BCUT2D eigenvalue weighted by Crippen LogP contribution is -2.05. The highest BCUT2D eigenvalue weighted by Gasteiger charge is 2.16. The molecule has 0 fully saturated rings. The Kier molecular flexibility index (Phi) is 5.48. The number of thiazole rings is 1. The third-order valence-corrected chi connectivity index (χ3v) is 5.39. The molecule has 0 radical (unpaired) electrons. The zero-order valence-corrected chi connectivity index (χ0v) is 16.9. The molecule has 146 valence electrons. The zero-order chi connectivity index (χ0) is 20.2. The minimum Gasteiger partial charge on any atom is -0.451 e. The average molecular weight is 405 g/mol. The van der Waals surface area contributed by atoms with Crippen LogP contribution < -0.4 is 0 Å². The highest BCUT2D eigenvalue weighted by Crippen LogP contribution is 2.25. The van der Waals surface area contributed by atoms with E-state index < -0.39 is 5.97 Å². The molecule has 0 spiro atoms. The van der Waals surface area contributed by atoms with E-state index in [-0.39, 0.29) is 18.2 Å². The fourth-order valence-electron chi connectivity index (χ4n) is 2.83. The predicted octanol–water partition coefficient (Wildman–Crippen LogP) is 5.09. The Labute approximate surface area is 172 Å². The number of rotatable bonds is 6. The number of carbonyl (C=O) groups is 1. The van der Waals surface area contributed by atoms with Crippen molar-refractivity contribution in [1.29, 1.82) is 0 Å². The van der Waals surface area contributed by atoms with Gasteiger partial charge in [-0.25, -0.2) is 9.78 Å². The first-order chi connectivity index (χ1) is 14.1. The van der Waals surface area contributed by atoms with Crippen molar-refractivity contribution < 1.29 is 14.1 Å². The van der Waals surface area contributed by atoms with Crippen molar-refractivity contribution in [2.75, 3.05) is 0 Å². The van der Waals surface area contributed by atoms with Crippen LogP contribution in [-0.2, 0) is 17.8 Å². The quantitative estimate of drug-likeness (QED) is 0.416. The fourth-order valence-corrected chi connectivity index (χ4v) is 3.63. The van der Waals surface area contributed by atoms with E-state index in [2.05, 4.69) is 34.2 Å². The molecule has 4 aromatic rings. The molecule has 0 bridgehead atoms. The Morgan fingerprint density at radius 1 is 1.10 bits per heavy atom. The maximum Gasteiger partial charge on any atom is 0.358 e. The van der Waals surface area contributed by atoms with Gasteiger partial charge in [0.25, 0.3) is 5.89 Å². The van der Waals surface area contributed by atoms with Gasteiger partial charge in [0.05, 0.1) is 0 Å².